The van der Waals surface area contributed by atoms with Crippen LogP contribution in [0.3, 0.4) is 0 Å². The number of thioether (sulfide) groups is 2. The monoisotopic (exact) mass is 417 g/mol. The number of hydrogen-bond acceptors (Lipinski definition) is 6. The summed E-state index contributed by atoms with van der Waals surface area (Å²) in [5.41, 5.74) is 2.93. The van der Waals surface area contributed by atoms with Crippen LogP contribution in [0.1, 0.15) is 37.0 Å². The van der Waals surface area contributed by atoms with E-state index in [4.69, 9.17) is 0 Å². The molecule has 0 aliphatic rings. The lowest BCUT2D eigenvalue weighted by atomic mass is 10.2. The lowest BCUT2D eigenvalue weighted by Gasteiger charge is -2.12. The van der Waals surface area contributed by atoms with Gasteiger partial charge in [0, 0.05) is 29.6 Å². The van der Waals surface area contributed by atoms with Gasteiger partial charge < -0.3 is 10.0 Å². The molecule has 0 aromatic heterocycles. The molecule has 28 heavy (non-hydrogen) atoms. The molecule has 0 spiro atoms. The van der Waals surface area contributed by atoms with E-state index in [0.717, 1.165) is 51.2 Å². The zero-order valence-electron chi connectivity index (χ0n) is 16.8. The number of rotatable bonds is 10. The van der Waals surface area contributed by atoms with Crippen molar-refractivity contribution >= 4 is 46.6 Å². The molecular formula is C21H27N3O2S2. The average Bonchev–Trinajstić information content (AvgIpc) is 2.69. The second-order valence-corrected chi connectivity index (χ2v) is 8.71. The van der Waals surface area contributed by atoms with E-state index in [2.05, 4.69) is 24.1 Å². The van der Waals surface area contributed by atoms with E-state index in [-0.39, 0.29) is 0 Å². The van der Waals surface area contributed by atoms with Crippen LogP contribution < -0.4 is 4.90 Å². The lowest BCUT2D eigenvalue weighted by molar-refractivity contribution is 0.0696. The summed E-state index contributed by atoms with van der Waals surface area (Å²) in [6.07, 6.45) is 2.00. The number of carboxylic acid groups (broad SMARTS) is 1. The second kappa shape index (κ2) is 11.1. The quantitative estimate of drug-likeness (QED) is 0.337. The van der Waals surface area contributed by atoms with Gasteiger partial charge in [-0.3, -0.25) is 0 Å². The van der Waals surface area contributed by atoms with Crippen molar-refractivity contribution in [3.05, 3.63) is 42.0 Å². The summed E-state index contributed by atoms with van der Waals surface area (Å²) < 4.78 is 0. The standard InChI is InChI=1S/C21H27N3O2S2/c1-5-11-27-18-13-15(21(25)26)14-19(28-12-6-2)20(18)23-22-16-7-9-17(10-8-16)24(3)4/h7-10,13-14H,5-6,11-12H2,1-4H3,(H,25,26). The van der Waals surface area contributed by atoms with Crippen molar-refractivity contribution in [2.24, 2.45) is 10.2 Å². The normalized spacial score (nSPS) is 11.1. The zero-order chi connectivity index (χ0) is 20.5. The van der Waals surface area contributed by atoms with E-state index in [1.165, 1.54) is 0 Å². The molecule has 0 aliphatic heterocycles. The Labute approximate surface area is 175 Å². The molecule has 7 heteroatoms. The summed E-state index contributed by atoms with van der Waals surface area (Å²) in [5.74, 6) is 0.890. The number of aromatic carboxylic acids is 1. The number of nitrogens with zero attached hydrogens (tertiary/aromatic N) is 3. The van der Waals surface area contributed by atoms with Gasteiger partial charge in [-0.25, -0.2) is 4.79 Å². The number of carbonyl (C=O) groups is 1. The van der Waals surface area contributed by atoms with E-state index < -0.39 is 5.97 Å². The molecule has 2 aromatic carbocycles. The minimum atomic E-state index is -0.917. The fourth-order valence-corrected chi connectivity index (χ4v) is 4.28. The molecule has 0 bridgehead atoms. The Morgan fingerprint density at radius 3 is 1.93 bits per heavy atom. The first kappa shape index (κ1) is 22.3. The van der Waals surface area contributed by atoms with Gasteiger partial charge in [0.15, 0.2) is 0 Å². The van der Waals surface area contributed by atoms with Gasteiger partial charge in [-0.15, -0.1) is 28.6 Å². The summed E-state index contributed by atoms with van der Waals surface area (Å²) in [7, 11) is 3.99. The maximum absolute atomic E-state index is 11.6. The molecule has 0 amide bonds. The van der Waals surface area contributed by atoms with E-state index in [9.17, 15) is 9.90 Å². The van der Waals surface area contributed by atoms with E-state index in [1.54, 1.807) is 35.7 Å². The Kier molecular flexibility index (Phi) is 8.86. The molecule has 0 aliphatic carbocycles. The van der Waals surface area contributed by atoms with Crippen LogP contribution in [-0.2, 0) is 0 Å². The molecular weight excluding hydrogens is 390 g/mol. The fraction of sp³-hybridized carbons (Fsp3) is 0.381. The molecule has 0 radical (unpaired) electrons. The highest BCUT2D eigenvalue weighted by molar-refractivity contribution is 8.00. The summed E-state index contributed by atoms with van der Waals surface area (Å²) in [6.45, 7) is 4.21. The van der Waals surface area contributed by atoms with Crippen molar-refractivity contribution in [3.8, 4) is 0 Å². The predicted molar refractivity (Wildman–Crippen MR) is 120 cm³/mol. The van der Waals surface area contributed by atoms with Crippen LogP contribution in [0.2, 0.25) is 0 Å². The van der Waals surface area contributed by atoms with E-state index >= 15 is 0 Å². The maximum Gasteiger partial charge on any atom is 0.335 e. The van der Waals surface area contributed by atoms with Crippen LogP contribution in [-0.4, -0.2) is 36.7 Å². The van der Waals surface area contributed by atoms with Gasteiger partial charge in [0.1, 0.15) is 5.69 Å². The highest BCUT2D eigenvalue weighted by Gasteiger charge is 2.15. The first-order valence-electron chi connectivity index (χ1n) is 9.32. The summed E-state index contributed by atoms with van der Waals surface area (Å²) in [4.78, 5) is 15.3. The third kappa shape index (κ3) is 6.27. The number of azo groups is 1. The van der Waals surface area contributed by atoms with Crippen molar-refractivity contribution in [1.82, 2.24) is 0 Å². The van der Waals surface area contributed by atoms with Crippen LogP contribution in [0, 0.1) is 0 Å². The Morgan fingerprint density at radius 2 is 1.50 bits per heavy atom. The average molecular weight is 418 g/mol. The van der Waals surface area contributed by atoms with E-state index in [1.807, 2.05) is 43.3 Å². The highest BCUT2D eigenvalue weighted by atomic mass is 32.2. The van der Waals surface area contributed by atoms with Gasteiger partial charge in [0.25, 0.3) is 0 Å². The third-order valence-electron chi connectivity index (χ3n) is 3.84. The molecule has 5 nitrogen and oxygen atoms in total. The van der Waals surface area contributed by atoms with Crippen molar-refractivity contribution in [3.63, 3.8) is 0 Å². The van der Waals surface area contributed by atoms with Crippen LogP contribution in [0.15, 0.2) is 56.4 Å². The molecule has 0 heterocycles. The zero-order valence-corrected chi connectivity index (χ0v) is 18.4. The number of benzene rings is 2. The van der Waals surface area contributed by atoms with Crippen molar-refractivity contribution in [2.75, 3.05) is 30.5 Å². The minimum absolute atomic E-state index is 0.298. The molecule has 0 unspecified atom stereocenters. The van der Waals surface area contributed by atoms with Crippen LogP contribution in [0.25, 0.3) is 0 Å². The van der Waals surface area contributed by atoms with Crippen molar-refractivity contribution in [2.45, 2.75) is 36.5 Å². The Morgan fingerprint density at radius 1 is 0.964 bits per heavy atom. The van der Waals surface area contributed by atoms with Crippen molar-refractivity contribution in [1.29, 1.82) is 0 Å². The fourth-order valence-electron chi connectivity index (χ4n) is 2.37. The van der Waals surface area contributed by atoms with Gasteiger partial charge >= 0.3 is 5.97 Å². The van der Waals surface area contributed by atoms with Gasteiger partial charge in [0.05, 0.1) is 11.3 Å². The van der Waals surface area contributed by atoms with Gasteiger partial charge in [-0.2, -0.15) is 5.11 Å². The first-order valence-corrected chi connectivity index (χ1v) is 11.3. The topological polar surface area (TPSA) is 65.3 Å². The third-order valence-corrected chi connectivity index (χ3v) is 6.31. The second-order valence-electron chi connectivity index (χ2n) is 6.43. The van der Waals surface area contributed by atoms with Gasteiger partial charge in [-0.05, 0) is 60.7 Å². The Bertz CT molecular complexity index is 792. The Hall–Kier alpha value is -1.99. The molecule has 2 rings (SSSR count). The summed E-state index contributed by atoms with van der Waals surface area (Å²) in [6, 6.07) is 11.3. The van der Waals surface area contributed by atoms with Crippen molar-refractivity contribution < 1.29 is 9.90 Å². The molecule has 0 atom stereocenters. The van der Waals surface area contributed by atoms with E-state index in [0.29, 0.717) is 5.56 Å². The maximum atomic E-state index is 11.6. The largest absolute Gasteiger partial charge is 0.478 e. The molecule has 1 N–H and O–H groups in total. The molecule has 0 fully saturated rings. The van der Waals surface area contributed by atoms with Gasteiger partial charge in [0.2, 0.25) is 0 Å². The minimum Gasteiger partial charge on any atom is -0.478 e. The first-order chi connectivity index (χ1) is 13.5. The van der Waals surface area contributed by atoms with Crippen LogP contribution in [0.5, 0.6) is 0 Å². The number of carboxylic acids is 1. The predicted octanol–water partition coefficient (Wildman–Crippen LogP) is 6.87. The number of hydrogen-bond donors (Lipinski definition) is 1. The SMILES string of the molecule is CCCSc1cc(C(=O)O)cc(SCCC)c1N=Nc1ccc(N(C)C)cc1. The smallest absolute Gasteiger partial charge is 0.335 e. The van der Waals surface area contributed by atoms with Crippen LogP contribution >= 0.6 is 23.5 Å². The molecule has 2 aromatic rings. The number of anilines is 1. The van der Waals surface area contributed by atoms with Gasteiger partial charge in [-0.1, -0.05) is 13.8 Å². The highest BCUT2D eigenvalue weighted by Crippen LogP contribution is 2.41. The lowest BCUT2D eigenvalue weighted by Crippen LogP contribution is -2.07. The molecule has 0 saturated heterocycles. The summed E-state index contributed by atoms with van der Waals surface area (Å²) in [5, 5.41) is 18.4. The molecule has 0 saturated carbocycles. The summed E-state index contributed by atoms with van der Waals surface area (Å²) >= 11 is 3.26. The van der Waals surface area contributed by atoms with Crippen LogP contribution in [0.4, 0.5) is 17.1 Å². The Balaban J connectivity index is 2.43. The molecule has 150 valence electrons.